The van der Waals surface area contributed by atoms with Crippen LogP contribution in [0.2, 0.25) is 0 Å². The molecule has 1 aromatic heterocycles. The van der Waals surface area contributed by atoms with Gasteiger partial charge >= 0.3 is 0 Å². The van der Waals surface area contributed by atoms with Crippen LogP contribution in [0.15, 0.2) is 4.52 Å². The Balaban J connectivity index is 1.99. The molecule has 0 saturated carbocycles. The maximum atomic E-state index is 6.02. The number of hydrogen-bond donors (Lipinski definition) is 1. The molecule has 0 aliphatic carbocycles. The second-order valence-electron chi connectivity index (χ2n) is 5.92. The summed E-state index contributed by atoms with van der Waals surface area (Å²) in [6.07, 6.45) is 0.815. The number of nitrogens with zero attached hydrogens (tertiary/aromatic N) is 4. The van der Waals surface area contributed by atoms with Crippen molar-refractivity contribution >= 4 is 0 Å². The van der Waals surface area contributed by atoms with Crippen molar-refractivity contribution in [2.24, 2.45) is 11.7 Å². The summed E-state index contributed by atoms with van der Waals surface area (Å²) >= 11 is 0. The average molecular weight is 267 g/mol. The van der Waals surface area contributed by atoms with E-state index in [0.717, 1.165) is 31.9 Å². The molecule has 2 N–H and O–H groups in total. The highest BCUT2D eigenvalue weighted by Crippen LogP contribution is 2.18. The van der Waals surface area contributed by atoms with Crippen LogP contribution in [0, 0.1) is 5.92 Å². The molecule has 0 radical (unpaired) electrons. The molecule has 0 spiro atoms. The molecule has 1 aromatic rings. The van der Waals surface area contributed by atoms with Crippen LogP contribution >= 0.6 is 0 Å². The Morgan fingerprint density at radius 2 is 2.11 bits per heavy atom. The van der Waals surface area contributed by atoms with Gasteiger partial charge in [-0.1, -0.05) is 19.0 Å². The van der Waals surface area contributed by atoms with E-state index in [9.17, 15) is 0 Å². The summed E-state index contributed by atoms with van der Waals surface area (Å²) in [6, 6.07) is 0.271. The molecule has 2 atom stereocenters. The first-order valence-electron chi connectivity index (χ1n) is 6.94. The summed E-state index contributed by atoms with van der Waals surface area (Å²) in [5, 5.41) is 4.06. The van der Waals surface area contributed by atoms with Gasteiger partial charge in [0.2, 0.25) is 5.89 Å². The van der Waals surface area contributed by atoms with Gasteiger partial charge in [-0.25, -0.2) is 0 Å². The summed E-state index contributed by atoms with van der Waals surface area (Å²) in [6.45, 7) is 7.34. The minimum Gasteiger partial charge on any atom is -0.338 e. The largest absolute Gasteiger partial charge is 0.338 e. The molecule has 1 aliphatic heterocycles. The van der Waals surface area contributed by atoms with Crippen molar-refractivity contribution in [3.05, 3.63) is 11.7 Å². The van der Waals surface area contributed by atoms with Crippen molar-refractivity contribution < 1.29 is 4.52 Å². The van der Waals surface area contributed by atoms with Crippen LogP contribution in [0.3, 0.4) is 0 Å². The van der Waals surface area contributed by atoms with Crippen LogP contribution < -0.4 is 5.73 Å². The molecule has 108 valence electrons. The first-order valence-corrected chi connectivity index (χ1v) is 6.94. The van der Waals surface area contributed by atoms with Crippen molar-refractivity contribution in [2.75, 3.05) is 33.7 Å². The van der Waals surface area contributed by atoms with Crippen molar-refractivity contribution in [3.8, 4) is 0 Å². The van der Waals surface area contributed by atoms with Crippen LogP contribution in [-0.2, 0) is 6.42 Å². The van der Waals surface area contributed by atoms with Gasteiger partial charge in [-0.3, -0.25) is 0 Å². The van der Waals surface area contributed by atoms with E-state index in [1.54, 1.807) is 0 Å². The molecule has 2 rings (SSSR count). The molecule has 6 heteroatoms. The fourth-order valence-electron chi connectivity index (χ4n) is 2.30. The number of nitrogens with two attached hydrogens (primary N) is 1. The van der Waals surface area contributed by atoms with Crippen LogP contribution in [0.25, 0.3) is 0 Å². The zero-order valence-electron chi connectivity index (χ0n) is 12.3. The van der Waals surface area contributed by atoms with E-state index < -0.39 is 0 Å². The number of aromatic nitrogens is 2. The van der Waals surface area contributed by atoms with Gasteiger partial charge < -0.3 is 20.1 Å². The van der Waals surface area contributed by atoms with Gasteiger partial charge in [-0.2, -0.15) is 4.98 Å². The van der Waals surface area contributed by atoms with Crippen LogP contribution in [0.4, 0.5) is 0 Å². The number of hydrogen-bond acceptors (Lipinski definition) is 6. The highest BCUT2D eigenvalue weighted by molar-refractivity contribution is 4.96. The minimum atomic E-state index is -0.173. The third-order valence-corrected chi connectivity index (χ3v) is 3.89. The maximum Gasteiger partial charge on any atom is 0.243 e. The fourth-order valence-corrected chi connectivity index (χ4v) is 2.30. The second kappa shape index (κ2) is 5.98. The van der Waals surface area contributed by atoms with Crippen molar-refractivity contribution in [3.63, 3.8) is 0 Å². The molecular weight excluding hydrogens is 242 g/mol. The molecule has 2 heterocycles. The summed E-state index contributed by atoms with van der Waals surface area (Å²) < 4.78 is 5.27. The summed E-state index contributed by atoms with van der Waals surface area (Å²) in [7, 11) is 4.30. The van der Waals surface area contributed by atoms with E-state index in [1.165, 1.54) is 0 Å². The van der Waals surface area contributed by atoms with E-state index >= 15 is 0 Å². The van der Waals surface area contributed by atoms with Crippen molar-refractivity contribution in [1.29, 1.82) is 0 Å². The lowest BCUT2D eigenvalue weighted by atomic mass is 10.1. The van der Waals surface area contributed by atoms with Gasteiger partial charge in [0.25, 0.3) is 0 Å². The summed E-state index contributed by atoms with van der Waals surface area (Å²) in [5.74, 6) is 1.62. The fraction of sp³-hybridized carbons (Fsp3) is 0.846. The molecule has 0 amide bonds. The summed E-state index contributed by atoms with van der Waals surface area (Å²) in [5.41, 5.74) is 6.02. The van der Waals surface area contributed by atoms with E-state index in [1.807, 2.05) is 0 Å². The molecule has 1 aliphatic rings. The standard InChI is InChI=1S/C13H25N5O/c1-9(2)12(14)13-15-11(16-19-13)7-10-8-17(3)5-6-18(10)4/h9-10,12H,5-8,14H2,1-4H3. The normalized spacial score (nSPS) is 24.0. The average Bonchev–Trinajstić information content (AvgIpc) is 2.81. The monoisotopic (exact) mass is 267 g/mol. The van der Waals surface area contributed by atoms with Gasteiger partial charge in [-0.05, 0) is 20.0 Å². The quantitative estimate of drug-likeness (QED) is 0.857. The highest BCUT2D eigenvalue weighted by atomic mass is 16.5. The molecule has 0 bridgehead atoms. The van der Waals surface area contributed by atoms with E-state index in [0.29, 0.717) is 17.9 Å². The van der Waals surface area contributed by atoms with Crippen LogP contribution in [0.1, 0.15) is 31.6 Å². The van der Waals surface area contributed by atoms with Crippen LogP contribution in [0.5, 0.6) is 0 Å². The van der Waals surface area contributed by atoms with Gasteiger partial charge in [0, 0.05) is 32.1 Å². The summed E-state index contributed by atoms with van der Waals surface area (Å²) in [4.78, 5) is 9.14. The number of likely N-dealkylation sites (N-methyl/N-ethyl adjacent to an activating group) is 2. The Morgan fingerprint density at radius 3 is 2.79 bits per heavy atom. The molecule has 1 fully saturated rings. The smallest absolute Gasteiger partial charge is 0.243 e. The van der Waals surface area contributed by atoms with Crippen LogP contribution in [-0.4, -0.2) is 59.7 Å². The highest BCUT2D eigenvalue weighted by Gasteiger charge is 2.25. The molecule has 19 heavy (non-hydrogen) atoms. The molecule has 6 nitrogen and oxygen atoms in total. The Kier molecular flexibility index (Phi) is 4.54. The topological polar surface area (TPSA) is 71.4 Å². The Morgan fingerprint density at radius 1 is 1.37 bits per heavy atom. The Bertz CT molecular complexity index is 405. The van der Waals surface area contributed by atoms with E-state index in [2.05, 4.69) is 47.9 Å². The minimum absolute atomic E-state index is 0.173. The third-order valence-electron chi connectivity index (χ3n) is 3.89. The van der Waals surface area contributed by atoms with Gasteiger partial charge in [0.1, 0.15) is 0 Å². The van der Waals surface area contributed by atoms with E-state index in [-0.39, 0.29) is 6.04 Å². The zero-order chi connectivity index (χ0) is 14.0. The van der Waals surface area contributed by atoms with Gasteiger partial charge in [-0.15, -0.1) is 0 Å². The lowest BCUT2D eigenvalue weighted by Gasteiger charge is -2.37. The lowest BCUT2D eigenvalue weighted by molar-refractivity contribution is 0.113. The second-order valence-corrected chi connectivity index (χ2v) is 5.92. The third kappa shape index (κ3) is 3.52. The molecular formula is C13H25N5O. The van der Waals surface area contributed by atoms with Gasteiger partial charge in [0.15, 0.2) is 5.82 Å². The molecule has 1 saturated heterocycles. The lowest BCUT2D eigenvalue weighted by Crippen LogP contribution is -2.50. The van der Waals surface area contributed by atoms with Gasteiger partial charge in [0.05, 0.1) is 6.04 Å². The molecule has 0 aromatic carbocycles. The van der Waals surface area contributed by atoms with Crippen molar-refractivity contribution in [1.82, 2.24) is 19.9 Å². The SMILES string of the molecule is CC(C)C(N)c1nc(CC2CN(C)CCN2C)no1. The predicted octanol–water partition coefficient (Wildman–Crippen LogP) is 0.514. The Hall–Kier alpha value is -0.980. The number of rotatable bonds is 4. The first-order chi connectivity index (χ1) is 8.97. The maximum absolute atomic E-state index is 6.02. The van der Waals surface area contributed by atoms with E-state index in [4.69, 9.17) is 10.3 Å². The number of piperazine rings is 1. The first kappa shape index (κ1) is 14.4. The zero-order valence-corrected chi connectivity index (χ0v) is 12.3. The van der Waals surface area contributed by atoms with Crippen molar-refractivity contribution in [2.45, 2.75) is 32.4 Å². The Labute approximate surface area is 114 Å². The predicted molar refractivity (Wildman–Crippen MR) is 73.7 cm³/mol. The molecule has 2 unspecified atom stereocenters.